The monoisotopic (exact) mass is 470 g/mol. The van der Waals surface area contributed by atoms with Crippen LogP contribution in [0.3, 0.4) is 0 Å². The smallest absolute Gasteiger partial charge is 0.0155 e. The standard InChI is InChI=1S/C14H18.C9H16.C4H8.C3H8.2C2H6/c1-6-13-8-7-11(4)14(9-13)12(5)10(2)3;1-5-9(6-2)7-8(3)4;1-4(2)3;1-3-2;2*1-2/h7-9H,2,5-6H2,1,3-4H3;5,7H,6H2,1-4H3;1H2,2-3H3;3H2,1-2H3;2*1-2H3/b;9-5-;;;;. The molecule has 0 aliphatic carbocycles. The number of benzene rings is 1. The van der Waals surface area contributed by atoms with Gasteiger partial charge in [0.1, 0.15) is 0 Å². The van der Waals surface area contributed by atoms with Gasteiger partial charge in [0.2, 0.25) is 0 Å². The second-order valence-electron chi connectivity index (χ2n) is 8.11. The first-order chi connectivity index (χ1) is 15.9. The number of allylic oxidation sites excluding steroid dienone is 7. The molecular formula is C34H62. The van der Waals surface area contributed by atoms with Crippen LogP contribution in [0.5, 0.6) is 0 Å². The van der Waals surface area contributed by atoms with Crippen LogP contribution in [-0.2, 0) is 6.42 Å². The molecule has 1 aromatic carbocycles. The third-order valence-corrected chi connectivity index (χ3v) is 3.80. The van der Waals surface area contributed by atoms with Gasteiger partial charge >= 0.3 is 0 Å². The predicted octanol–water partition coefficient (Wildman–Crippen LogP) is 12.5. The molecule has 0 bridgehead atoms. The highest BCUT2D eigenvalue weighted by Crippen LogP contribution is 2.24. The molecular weight excluding hydrogens is 408 g/mol. The molecule has 0 heteroatoms. The summed E-state index contributed by atoms with van der Waals surface area (Å²) in [4.78, 5) is 0. The molecule has 0 fully saturated rings. The summed E-state index contributed by atoms with van der Waals surface area (Å²) in [5.74, 6) is 0. The molecule has 0 saturated carbocycles. The lowest BCUT2D eigenvalue weighted by Gasteiger charge is -2.10. The zero-order valence-corrected chi connectivity index (χ0v) is 26.1. The van der Waals surface area contributed by atoms with Crippen LogP contribution in [0.4, 0.5) is 0 Å². The minimum absolute atomic E-state index is 1.04. The average molecular weight is 471 g/mol. The van der Waals surface area contributed by atoms with Gasteiger partial charge in [-0.05, 0) is 83.6 Å². The van der Waals surface area contributed by atoms with Gasteiger partial charge in [-0.25, -0.2) is 0 Å². The molecule has 0 radical (unpaired) electrons. The van der Waals surface area contributed by atoms with E-state index in [1.54, 1.807) is 0 Å². The summed E-state index contributed by atoms with van der Waals surface area (Å²) in [7, 11) is 0. The molecule has 0 N–H and O–H groups in total. The van der Waals surface area contributed by atoms with Crippen molar-refractivity contribution < 1.29 is 0 Å². The van der Waals surface area contributed by atoms with Crippen LogP contribution in [0, 0.1) is 6.92 Å². The van der Waals surface area contributed by atoms with Gasteiger partial charge in [-0.1, -0.05) is 128 Å². The van der Waals surface area contributed by atoms with Crippen molar-refractivity contribution in [3.63, 3.8) is 0 Å². The zero-order valence-electron chi connectivity index (χ0n) is 26.1. The van der Waals surface area contributed by atoms with Crippen LogP contribution >= 0.6 is 0 Å². The molecule has 0 amide bonds. The highest BCUT2D eigenvalue weighted by atomic mass is 14.1. The molecule has 0 saturated heterocycles. The van der Waals surface area contributed by atoms with Crippen molar-refractivity contribution in [3.8, 4) is 0 Å². The van der Waals surface area contributed by atoms with Gasteiger partial charge in [0.15, 0.2) is 0 Å². The third-order valence-electron chi connectivity index (χ3n) is 3.80. The van der Waals surface area contributed by atoms with E-state index in [-0.39, 0.29) is 0 Å². The predicted molar refractivity (Wildman–Crippen MR) is 167 cm³/mol. The SMILES string of the molecule is C/C=C(\C=C(C)C)CC.C=C(C)C.C=C(C)C(=C)c1cc(CC)ccc1C.CC.CC.CCC. The summed E-state index contributed by atoms with van der Waals surface area (Å²) >= 11 is 0. The maximum absolute atomic E-state index is 4.06. The molecule has 0 atom stereocenters. The van der Waals surface area contributed by atoms with Crippen molar-refractivity contribution in [2.24, 2.45) is 0 Å². The second-order valence-corrected chi connectivity index (χ2v) is 8.11. The lowest BCUT2D eigenvalue weighted by atomic mass is 9.95. The van der Waals surface area contributed by atoms with E-state index in [2.05, 4.69) is 105 Å². The summed E-state index contributed by atoms with van der Waals surface area (Å²) in [6, 6.07) is 6.54. The minimum Gasteiger partial charge on any atom is -0.100 e. The first-order valence-corrected chi connectivity index (χ1v) is 13.3. The summed E-state index contributed by atoms with van der Waals surface area (Å²) in [5.41, 5.74) is 9.93. The Morgan fingerprint density at radius 1 is 0.824 bits per heavy atom. The number of hydrogen-bond acceptors (Lipinski definition) is 0. The van der Waals surface area contributed by atoms with E-state index in [9.17, 15) is 0 Å². The van der Waals surface area contributed by atoms with Crippen molar-refractivity contribution in [2.45, 2.75) is 123 Å². The van der Waals surface area contributed by atoms with Crippen LogP contribution in [0.1, 0.15) is 126 Å². The highest BCUT2D eigenvalue weighted by molar-refractivity contribution is 5.78. The van der Waals surface area contributed by atoms with Crippen molar-refractivity contribution in [1.82, 2.24) is 0 Å². The van der Waals surface area contributed by atoms with E-state index in [0.29, 0.717) is 0 Å². The Morgan fingerprint density at radius 3 is 1.47 bits per heavy atom. The Hall–Kier alpha value is -2.08. The molecule has 1 rings (SSSR count). The Morgan fingerprint density at radius 2 is 1.24 bits per heavy atom. The Kier molecular flexibility index (Phi) is 38.3. The topological polar surface area (TPSA) is 0 Å². The zero-order chi connectivity index (χ0) is 28.3. The van der Waals surface area contributed by atoms with Gasteiger partial charge in [-0.2, -0.15) is 0 Å². The average Bonchev–Trinajstić information content (AvgIpc) is 2.80. The molecule has 0 heterocycles. The Bertz CT molecular complexity index is 685. The highest BCUT2D eigenvalue weighted by Gasteiger charge is 2.04. The van der Waals surface area contributed by atoms with Gasteiger partial charge in [0.25, 0.3) is 0 Å². The molecule has 1 aromatic rings. The van der Waals surface area contributed by atoms with E-state index in [0.717, 1.165) is 24.0 Å². The van der Waals surface area contributed by atoms with Gasteiger partial charge in [0, 0.05) is 0 Å². The molecule has 34 heavy (non-hydrogen) atoms. The fourth-order valence-corrected chi connectivity index (χ4v) is 2.20. The molecule has 0 unspecified atom stereocenters. The van der Waals surface area contributed by atoms with Crippen molar-refractivity contribution >= 4 is 5.57 Å². The van der Waals surface area contributed by atoms with Crippen LogP contribution in [0.25, 0.3) is 5.57 Å². The van der Waals surface area contributed by atoms with Crippen LogP contribution in [0.2, 0.25) is 0 Å². The van der Waals surface area contributed by atoms with E-state index < -0.39 is 0 Å². The van der Waals surface area contributed by atoms with E-state index >= 15 is 0 Å². The van der Waals surface area contributed by atoms with E-state index in [4.69, 9.17) is 0 Å². The third kappa shape index (κ3) is 29.9. The van der Waals surface area contributed by atoms with Crippen LogP contribution in [0.15, 0.2) is 72.4 Å². The fraction of sp³-hybridized carbons (Fsp3) is 0.529. The lowest BCUT2D eigenvalue weighted by molar-refractivity contribution is 1.09. The van der Waals surface area contributed by atoms with Crippen molar-refractivity contribution in [1.29, 1.82) is 0 Å². The van der Waals surface area contributed by atoms with Crippen molar-refractivity contribution in [2.75, 3.05) is 0 Å². The minimum atomic E-state index is 1.04. The van der Waals surface area contributed by atoms with Crippen LogP contribution < -0.4 is 0 Å². The molecule has 0 spiro atoms. The molecule has 0 aliphatic heterocycles. The second kappa shape index (κ2) is 30.9. The summed E-state index contributed by atoms with van der Waals surface area (Å²) < 4.78 is 0. The van der Waals surface area contributed by atoms with E-state index in [1.807, 2.05) is 48.5 Å². The van der Waals surface area contributed by atoms with E-state index in [1.165, 1.54) is 39.8 Å². The normalized spacial score (nSPS) is 8.74. The maximum atomic E-state index is 4.06. The summed E-state index contributed by atoms with van der Waals surface area (Å²) in [5, 5.41) is 0. The molecule has 0 nitrogen and oxygen atoms in total. The number of hydrogen-bond donors (Lipinski definition) is 0. The Labute approximate surface area is 217 Å². The molecule has 198 valence electrons. The first kappa shape index (κ1) is 42.1. The maximum Gasteiger partial charge on any atom is -0.0155 e. The number of aryl methyl sites for hydroxylation is 2. The first-order valence-electron chi connectivity index (χ1n) is 13.3. The largest absolute Gasteiger partial charge is 0.100 e. The van der Waals surface area contributed by atoms with Crippen LogP contribution in [-0.4, -0.2) is 0 Å². The molecule has 0 aliphatic rings. The van der Waals surface area contributed by atoms with Gasteiger partial charge in [-0.3, -0.25) is 0 Å². The van der Waals surface area contributed by atoms with Gasteiger partial charge < -0.3 is 0 Å². The molecule has 0 aromatic heterocycles. The summed E-state index contributed by atoms with van der Waals surface area (Å²) in [6.07, 6.45) is 7.84. The lowest BCUT2D eigenvalue weighted by Crippen LogP contribution is -1.91. The van der Waals surface area contributed by atoms with Gasteiger partial charge in [0.05, 0.1) is 0 Å². The Balaban J connectivity index is -0.000000121. The fourth-order valence-electron chi connectivity index (χ4n) is 2.20. The quantitative estimate of drug-likeness (QED) is 0.296. The number of rotatable bonds is 5. The van der Waals surface area contributed by atoms with Crippen molar-refractivity contribution in [3.05, 3.63) is 89.1 Å². The summed E-state index contributed by atoms with van der Waals surface area (Å²) in [6.45, 7) is 42.5. The van der Waals surface area contributed by atoms with Gasteiger partial charge in [-0.15, -0.1) is 6.58 Å².